The molecule has 5 nitrogen and oxygen atoms in total. The Morgan fingerprint density at radius 2 is 2.12 bits per heavy atom. The summed E-state index contributed by atoms with van der Waals surface area (Å²) in [6.07, 6.45) is 3.60. The first-order chi connectivity index (χ1) is 11.8. The van der Waals surface area contributed by atoms with Crippen molar-refractivity contribution in [1.29, 1.82) is 0 Å². The van der Waals surface area contributed by atoms with E-state index in [-0.39, 0.29) is 4.71 Å². The lowest BCUT2D eigenvalue weighted by molar-refractivity contribution is -0.142. The molecule has 9 heteroatoms. The zero-order chi connectivity index (χ0) is 18.6. The van der Waals surface area contributed by atoms with Crippen molar-refractivity contribution >= 4 is 29.4 Å². The van der Waals surface area contributed by atoms with Crippen molar-refractivity contribution in [2.45, 2.75) is 24.1 Å². The number of thioether (sulfide) groups is 2. The first-order valence-corrected chi connectivity index (χ1v) is 9.52. The van der Waals surface area contributed by atoms with Gasteiger partial charge in [-0.25, -0.2) is 0 Å². The highest BCUT2D eigenvalue weighted by molar-refractivity contribution is 8.18. The Morgan fingerprint density at radius 3 is 2.68 bits per heavy atom. The fourth-order valence-corrected chi connectivity index (χ4v) is 4.12. The molecule has 138 valence electrons. The lowest BCUT2D eigenvalue weighted by atomic mass is 10.2. The summed E-state index contributed by atoms with van der Waals surface area (Å²) in [7, 11) is 3.16. The molecule has 25 heavy (non-hydrogen) atoms. The zero-order valence-corrected chi connectivity index (χ0v) is 16.0. The van der Waals surface area contributed by atoms with Crippen LogP contribution in [0, 0.1) is 0 Å². The summed E-state index contributed by atoms with van der Waals surface area (Å²) in [5.74, 6) is -3.36. The molecule has 1 N–H and O–H groups in total. The van der Waals surface area contributed by atoms with Gasteiger partial charge in [0, 0.05) is 31.3 Å². The molecule has 1 aromatic rings. The van der Waals surface area contributed by atoms with Gasteiger partial charge in [-0.15, -0.1) is 11.8 Å². The number of methoxy groups -OCH3 is 2. The van der Waals surface area contributed by atoms with Gasteiger partial charge < -0.3 is 19.7 Å². The molecule has 1 atom stereocenters. The summed E-state index contributed by atoms with van der Waals surface area (Å²) in [6, 6.07) is 5.51. The molecule has 0 aliphatic carbocycles. The Labute approximate surface area is 154 Å². The number of amides is 1. The molecule has 2 rings (SSSR count). The fraction of sp³-hybridized carbons (Fsp3) is 0.438. The van der Waals surface area contributed by atoms with Crippen LogP contribution in [-0.2, 0) is 11.3 Å². The van der Waals surface area contributed by atoms with E-state index >= 15 is 0 Å². The molecule has 0 radical (unpaired) electrons. The highest BCUT2D eigenvalue weighted by Gasteiger charge is 2.35. The Bertz CT molecular complexity index is 665. The van der Waals surface area contributed by atoms with E-state index in [2.05, 4.69) is 5.32 Å². The highest BCUT2D eigenvalue weighted by Crippen LogP contribution is 2.39. The maximum atomic E-state index is 13.1. The van der Waals surface area contributed by atoms with E-state index in [9.17, 15) is 13.6 Å². The first kappa shape index (κ1) is 19.7. The number of nitrogens with zero attached hydrogens (tertiary/aromatic N) is 1. The smallest absolute Gasteiger partial charge is 0.322 e. The lowest BCUT2D eigenvalue weighted by Gasteiger charge is -2.23. The van der Waals surface area contributed by atoms with E-state index in [1.54, 1.807) is 38.2 Å². The number of nitrogens with one attached hydrogen (secondary N) is 1. The summed E-state index contributed by atoms with van der Waals surface area (Å²) < 4.78 is 36.7. The molecule has 1 unspecified atom stereocenters. The van der Waals surface area contributed by atoms with Crippen molar-refractivity contribution in [3.8, 4) is 11.5 Å². The van der Waals surface area contributed by atoms with Crippen LogP contribution in [0.2, 0.25) is 0 Å². The third-order valence-corrected chi connectivity index (χ3v) is 5.94. The molecular weight excluding hydrogens is 370 g/mol. The number of carbonyl (C=O) groups excluding carboxylic acids is 1. The maximum absolute atomic E-state index is 13.1. The second kappa shape index (κ2) is 8.18. The molecule has 1 aromatic carbocycles. The minimum Gasteiger partial charge on any atom is -0.497 e. The molecule has 0 aromatic heterocycles. The number of carbonyl (C=O) groups is 1. The predicted octanol–water partition coefficient (Wildman–Crippen LogP) is 3.47. The number of ether oxygens (including phenoxy) is 2. The van der Waals surface area contributed by atoms with E-state index in [0.29, 0.717) is 30.0 Å². The second-order valence-corrected chi connectivity index (χ2v) is 7.68. The van der Waals surface area contributed by atoms with Crippen molar-refractivity contribution in [2.24, 2.45) is 0 Å². The van der Waals surface area contributed by atoms with Crippen LogP contribution < -0.4 is 14.8 Å². The van der Waals surface area contributed by atoms with Gasteiger partial charge in [0.1, 0.15) is 16.2 Å². The Morgan fingerprint density at radius 1 is 1.40 bits per heavy atom. The van der Waals surface area contributed by atoms with Crippen LogP contribution in [-0.4, -0.2) is 41.9 Å². The van der Waals surface area contributed by atoms with Gasteiger partial charge in [0.25, 0.3) is 5.91 Å². The molecule has 0 bridgehead atoms. The van der Waals surface area contributed by atoms with Crippen molar-refractivity contribution in [3.05, 3.63) is 35.0 Å². The Kier molecular flexibility index (Phi) is 6.45. The molecule has 1 aliphatic heterocycles. The van der Waals surface area contributed by atoms with Gasteiger partial charge >= 0.3 is 5.92 Å². The third kappa shape index (κ3) is 4.94. The SMILES string of the molecule is COc1ccc(CN2C=C(NC(=O)C(C)(F)F)SC2SC)c(OC)c1. The van der Waals surface area contributed by atoms with Gasteiger partial charge in [0.05, 0.1) is 19.2 Å². The van der Waals surface area contributed by atoms with Crippen molar-refractivity contribution < 1.29 is 23.0 Å². The van der Waals surface area contributed by atoms with Crippen molar-refractivity contribution in [3.63, 3.8) is 0 Å². The quantitative estimate of drug-likeness (QED) is 0.769. The number of rotatable bonds is 7. The van der Waals surface area contributed by atoms with Crippen LogP contribution >= 0.6 is 23.5 Å². The minimum absolute atomic E-state index is 0.0346. The van der Waals surface area contributed by atoms with E-state index in [1.807, 2.05) is 23.3 Å². The number of alkyl halides is 2. The Hall–Kier alpha value is -1.61. The maximum Gasteiger partial charge on any atom is 0.322 e. The van der Waals surface area contributed by atoms with Crippen LogP contribution in [0.15, 0.2) is 29.4 Å². The van der Waals surface area contributed by atoms with Crippen LogP contribution in [0.3, 0.4) is 0 Å². The van der Waals surface area contributed by atoms with Gasteiger partial charge in [-0.3, -0.25) is 4.79 Å². The number of hydrogen-bond acceptors (Lipinski definition) is 6. The molecule has 1 aliphatic rings. The Balaban J connectivity index is 2.16. The van der Waals surface area contributed by atoms with E-state index in [4.69, 9.17) is 9.47 Å². The van der Waals surface area contributed by atoms with Crippen LogP contribution in [0.1, 0.15) is 12.5 Å². The van der Waals surface area contributed by atoms with E-state index < -0.39 is 11.8 Å². The molecule has 0 spiro atoms. The lowest BCUT2D eigenvalue weighted by Crippen LogP contribution is -2.36. The summed E-state index contributed by atoms with van der Waals surface area (Å²) in [4.78, 5) is 13.4. The van der Waals surface area contributed by atoms with Crippen molar-refractivity contribution in [2.75, 3.05) is 20.5 Å². The molecule has 0 saturated carbocycles. The summed E-state index contributed by atoms with van der Waals surface area (Å²) in [5, 5.41) is 2.68. The van der Waals surface area contributed by atoms with Gasteiger partial charge in [-0.05, 0) is 18.4 Å². The van der Waals surface area contributed by atoms with Crippen molar-refractivity contribution in [1.82, 2.24) is 10.2 Å². The minimum atomic E-state index is -3.41. The average Bonchev–Trinajstić information content (AvgIpc) is 2.95. The van der Waals surface area contributed by atoms with Gasteiger partial charge in [0.15, 0.2) is 0 Å². The predicted molar refractivity (Wildman–Crippen MR) is 96.8 cm³/mol. The van der Waals surface area contributed by atoms with Gasteiger partial charge in [-0.2, -0.15) is 8.78 Å². The van der Waals surface area contributed by atoms with Gasteiger partial charge in [-0.1, -0.05) is 11.8 Å². The van der Waals surface area contributed by atoms with Crippen LogP contribution in [0.25, 0.3) is 0 Å². The summed E-state index contributed by atoms with van der Waals surface area (Å²) in [5.41, 5.74) is 0.924. The zero-order valence-electron chi connectivity index (χ0n) is 14.3. The van der Waals surface area contributed by atoms with E-state index in [1.165, 1.54) is 11.8 Å². The monoisotopic (exact) mass is 390 g/mol. The molecule has 0 saturated heterocycles. The number of benzene rings is 1. The third-order valence-electron chi connectivity index (χ3n) is 3.47. The normalized spacial score (nSPS) is 17.3. The molecule has 0 fully saturated rings. The second-order valence-electron chi connectivity index (χ2n) is 5.35. The topological polar surface area (TPSA) is 50.8 Å². The van der Waals surface area contributed by atoms with Crippen LogP contribution in [0.5, 0.6) is 11.5 Å². The largest absolute Gasteiger partial charge is 0.497 e. The highest BCUT2D eigenvalue weighted by atomic mass is 32.2. The summed E-state index contributed by atoms with van der Waals surface area (Å²) in [6.45, 7) is 1.09. The first-order valence-electron chi connectivity index (χ1n) is 7.35. The molecule has 1 amide bonds. The van der Waals surface area contributed by atoms with Gasteiger partial charge in [0.2, 0.25) is 0 Å². The number of halogens is 2. The average molecular weight is 390 g/mol. The van der Waals surface area contributed by atoms with Crippen LogP contribution in [0.4, 0.5) is 8.78 Å². The van der Waals surface area contributed by atoms with E-state index in [0.717, 1.165) is 5.56 Å². The molecular formula is C16H20F2N2O3S2. The fourth-order valence-electron chi connectivity index (χ4n) is 2.18. The summed E-state index contributed by atoms with van der Waals surface area (Å²) >= 11 is 2.87. The standard InChI is InChI=1S/C16H20F2N2O3S2/c1-16(17,18)14(21)19-13-9-20(15(24-4)25-13)8-10-5-6-11(22-2)7-12(10)23-3/h5-7,9,15H,8H2,1-4H3,(H,19,21). The molecule has 1 heterocycles. The number of hydrogen-bond donors (Lipinski definition) is 1.